The number of carbonyl (C=O) groups excluding carboxylic acids is 2. The number of rotatable bonds is 11. The van der Waals surface area contributed by atoms with Crippen molar-refractivity contribution in [2.24, 2.45) is 5.92 Å². The average molecular weight is 566 g/mol. The van der Waals surface area contributed by atoms with Gasteiger partial charge in [0.2, 0.25) is 5.91 Å². The molecule has 0 aliphatic carbocycles. The summed E-state index contributed by atoms with van der Waals surface area (Å²) in [6.45, 7) is 10.8. The van der Waals surface area contributed by atoms with E-state index in [1.165, 1.54) is 0 Å². The SMILES string of the molecule is Cc1ccccc1CN(C(=O)COc1cc(C)c(Br)c(C)c1)C(Cc1ccccc1)C(=O)NCC(C)C. The maximum absolute atomic E-state index is 13.8. The van der Waals surface area contributed by atoms with E-state index in [4.69, 9.17) is 4.74 Å². The fourth-order valence-electron chi connectivity index (χ4n) is 4.16. The standard InChI is InChI=1S/C31H37BrN2O3/c1-21(2)18-33-31(36)28(17-25-12-7-6-8-13-25)34(19-26-14-10-9-11-22(26)3)29(35)20-37-27-15-23(4)30(32)24(5)16-27/h6-16,21,28H,17-20H2,1-5H3,(H,33,36). The van der Waals surface area contributed by atoms with E-state index >= 15 is 0 Å². The molecule has 1 atom stereocenters. The van der Waals surface area contributed by atoms with Gasteiger partial charge in [-0.25, -0.2) is 0 Å². The number of carbonyl (C=O) groups is 2. The van der Waals surface area contributed by atoms with Crippen LogP contribution in [0.5, 0.6) is 5.75 Å². The van der Waals surface area contributed by atoms with Crippen LogP contribution in [0, 0.1) is 26.7 Å². The van der Waals surface area contributed by atoms with E-state index in [2.05, 4.69) is 35.1 Å². The quantitative estimate of drug-likeness (QED) is 0.303. The van der Waals surface area contributed by atoms with Crippen LogP contribution in [-0.2, 0) is 22.6 Å². The number of nitrogens with one attached hydrogen (secondary N) is 1. The molecule has 0 aliphatic rings. The van der Waals surface area contributed by atoms with Gasteiger partial charge in [0.15, 0.2) is 6.61 Å². The van der Waals surface area contributed by atoms with Gasteiger partial charge in [0, 0.05) is 24.0 Å². The lowest BCUT2D eigenvalue weighted by Crippen LogP contribution is -2.52. The first-order valence-corrected chi connectivity index (χ1v) is 13.5. The smallest absolute Gasteiger partial charge is 0.261 e. The third-order valence-electron chi connectivity index (χ3n) is 6.33. The van der Waals surface area contributed by atoms with Crippen molar-refractivity contribution in [1.29, 1.82) is 0 Å². The fraction of sp³-hybridized carbons (Fsp3) is 0.355. The van der Waals surface area contributed by atoms with E-state index < -0.39 is 6.04 Å². The molecule has 0 heterocycles. The Morgan fingerprint density at radius 2 is 1.54 bits per heavy atom. The zero-order chi connectivity index (χ0) is 26.9. The number of hydrogen-bond donors (Lipinski definition) is 1. The zero-order valence-corrected chi connectivity index (χ0v) is 24.0. The second-order valence-corrected chi connectivity index (χ2v) is 10.7. The maximum Gasteiger partial charge on any atom is 0.261 e. The lowest BCUT2D eigenvalue weighted by atomic mass is 10.0. The Balaban J connectivity index is 1.92. The van der Waals surface area contributed by atoms with Crippen molar-refractivity contribution in [1.82, 2.24) is 10.2 Å². The Bertz CT molecular complexity index is 1190. The van der Waals surface area contributed by atoms with Gasteiger partial charge in [-0.3, -0.25) is 9.59 Å². The lowest BCUT2D eigenvalue weighted by molar-refractivity contribution is -0.142. The van der Waals surface area contributed by atoms with Crippen LogP contribution in [0.4, 0.5) is 0 Å². The van der Waals surface area contributed by atoms with Gasteiger partial charge < -0.3 is 15.0 Å². The molecule has 0 radical (unpaired) electrons. The van der Waals surface area contributed by atoms with Gasteiger partial charge >= 0.3 is 0 Å². The summed E-state index contributed by atoms with van der Waals surface area (Å²) >= 11 is 3.58. The second kappa shape index (κ2) is 13.4. The molecule has 3 aromatic rings. The first-order chi connectivity index (χ1) is 17.7. The highest BCUT2D eigenvalue weighted by Gasteiger charge is 2.31. The third-order valence-corrected chi connectivity index (χ3v) is 7.58. The van der Waals surface area contributed by atoms with Crippen LogP contribution >= 0.6 is 15.9 Å². The van der Waals surface area contributed by atoms with Crippen molar-refractivity contribution in [3.05, 3.63) is 99.0 Å². The van der Waals surface area contributed by atoms with Crippen molar-refractivity contribution in [2.75, 3.05) is 13.2 Å². The molecule has 0 saturated heterocycles. The first kappa shape index (κ1) is 28.5. The summed E-state index contributed by atoms with van der Waals surface area (Å²) in [5.41, 5.74) is 5.14. The molecule has 196 valence electrons. The van der Waals surface area contributed by atoms with Gasteiger partial charge in [0.05, 0.1) is 0 Å². The predicted octanol–water partition coefficient (Wildman–Crippen LogP) is 6.17. The van der Waals surface area contributed by atoms with Crippen molar-refractivity contribution in [3.8, 4) is 5.75 Å². The normalized spacial score (nSPS) is 11.8. The molecule has 6 heteroatoms. The van der Waals surface area contributed by atoms with E-state index in [0.29, 0.717) is 31.2 Å². The number of ether oxygens (including phenoxy) is 1. The molecule has 0 aromatic heterocycles. The van der Waals surface area contributed by atoms with Gasteiger partial charge in [-0.1, -0.05) is 84.4 Å². The van der Waals surface area contributed by atoms with Crippen LogP contribution in [-0.4, -0.2) is 35.9 Å². The van der Waals surface area contributed by atoms with Crippen LogP contribution in [0.3, 0.4) is 0 Å². The molecule has 0 spiro atoms. The molecule has 2 amide bonds. The van der Waals surface area contributed by atoms with Crippen LogP contribution in [0.1, 0.15) is 41.7 Å². The van der Waals surface area contributed by atoms with E-state index in [9.17, 15) is 9.59 Å². The monoisotopic (exact) mass is 564 g/mol. The first-order valence-electron chi connectivity index (χ1n) is 12.7. The van der Waals surface area contributed by atoms with Gasteiger partial charge in [0.1, 0.15) is 11.8 Å². The van der Waals surface area contributed by atoms with Crippen LogP contribution in [0.15, 0.2) is 71.2 Å². The topological polar surface area (TPSA) is 58.6 Å². The molecular weight excluding hydrogens is 528 g/mol. The molecular formula is C31H37BrN2O3. The number of amides is 2. The summed E-state index contributed by atoms with van der Waals surface area (Å²) in [6.07, 6.45) is 0.416. The van der Waals surface area contributed by atoms with Crippen LogP contribution in [0.2, 0.25) is 0 Å². The van der Waals surface area contributed by atoms with Crippen LogP contribution < -0.4 is 10.1 Å². The minimum atomic E-state index is -0.676. The van der Waals surface area contributed by atoms with E-state index in [0.717, 1.165) is 32.3 Å². The molecule has 0 saturated carbocycles. The summed E-state index contributed by atoms with van der Waals surface area (Å²) in [7, 11) is 0. The Kier molecular flexibility index (Phi) is 10.3. The number of halogens is 1. The van der Waals surface area contributed by atoms with Gasteiger partial charge in [-0.15, -0.1) is 0 Å². The third kappa shape index (κ3) is 8.19. The Morgan fingerprint density at radius 1 is 0.919 bits per heavy atom. The molecule has 0 bridgehead atoms. The highest BCUT2D eigenvalue weighted by atomic mass is 79.9. The Hall–Kier alpha value is -3.12. The Morgan fingerprint density at radius 3 is 2.16 bits per heavy atom. The van der Waals surface area contributed by atoms with Crippen LogP contribution in [0.25, 0.3) is 0 Å². The highest BCUT2D eigenvalue weighted by Crippen LogP contribution is 2.26. The van der Waals surface area contributed by atoms with Gasteiger partial charge in [0.25, 0.3) is 5.91 Å². The average Bonchev–Trinajstić information content (AvgIpc) is 2.88. The van der Waals surface area contributed by atoms with Crippen molar-refractivity contribution < 1.29 is 14.3 Å². The largest absolute Gasteiger partial charge is 0.484 e. The van der Waals surface area contributed by atoms with Gasteiger partial charge in [-0.05, 0) is 66.6 Å². The van der Waals surface area contributed by atoms with Crippen molar-refractivity contribution >= 4 is 27.7 Å². The van der Waals surface area contributed by atoms with E-state index in [1.54, 1.807) is 4.90 Å². The second-order valence-electron chi connectivity index (χ2n) is 9.95. The summed E-state index contributed by atoms with van der Waals surface area (Å²) in [5, 5.41) is 3.05. The predicted molar refractivity (Wildman–Crippen MR) is 153 cm³/mol. The number of benzene rings is 3. The molecule has 1 N–H and O–H groups in total. The lowest BCUT2D eigenvalue weighted by Gasteiger charge is -2.32. The molecule has 3 rings (SSSR count). The summed E-state index contributed by atoms with van der Waals surface area (Å²) < 4.78 is 6.99. The molecule has 0 aliphatic heterocycles. The maximum atomic E-state index is 13.8. The number of nitrogens with zero attached hydrogens (tertiary/aromatic N) is 1. The molecule has 5 nitrogen and oxygen atoms in total. The minimum Gasteiger partial charge on any atom is -0.484 e. The zero-order valence-electron chi connectivity index (χ0n) is 22.4. The van der Waals surface area contributed by atoms with Crippen molar-refractivity contribution in [2.45, 2.75) is 53.6 Å². The molecule has 37 heavy (non-hydrogen) atoms. The summed E-state index contributed by atoms with van der Waals surface area (Å²) in [6, 6.07) is 20.9. The molecule has 1 unspecified atom stereocenters. The van der Waals surface area contributed by atoms with E-state index in [1.807, 2.05) is 87.5 Å². The minimum absolute atomic E-state index is 0.158. The molecule has 0 fully saturated rings. The van der Waals surface area contributed by atoms with Crippen molar-refractivity contribution in [3.63, 3.8) is 0 Å². The fourth-order valence-corrected chi connectivity index (χ4v) is 4.39. The van der Waals surface area contributed by atoms with E-state index in [-0.39, 0.29) is 18.4 Å². The number of aryl methyl sites for hydroxylation is 3. The Labute approximate surface area is 229 Å². The highest BCUT2D eigenvalue weighted by molar-refractivity contribution is 9.10. The number of hydrogen-bond acceptors (Lipinski definition) is 3. The summed E-state index contributed by atoms with van der Waals surface area (Å²) in [4.78, 5) is 28.9. The van der Waals surface area contributed by atoms with Gasteiger partial charge in [-0.2, -0.15) is 0 Å². The molecule has 3 aromatic carbocycles. The summed E-state index contributed by atoms with van der Waals surface area (Å²) in [5.74, 6) is 0.539.